The van der Waals surface area contributed by atoms with Gasteiger partial charge in [0.05, 0.1) is 35.5 Å². The molecule has 17 heteroatoms. The third-order valence-corrected chi connectivity index (χ3v) is 11.7. The Morgan fingerprint density at radius 2 is 1.75 bits per heavy atom. The summed E-state index contributed by atoms with van der Waals surface area (Å²) in [5.41, 5.74) is -0.479. The van der Waals surface area contributed by atoms with E-state index in [0.717, 1.165) is 54.9 Å². The first-order valence-electron chi connectivity index (χ1n) is 19.4. The zero-order valence-electron chi connectivity index (χ0n) is 33.0. The van der Waals surface area contributed by atoms with E-state index in [2.05, 4.69) is 20.9 Å². The molecule has 0 spiro atoms. The van der Waals surface area contributed by atoms with Crippen molar-refractivity contribution in [3.05, 3.63) is 76.3 Å². The van der Waals surface area contributed by atoms with Crippen LogP contribution in [0.15, 0.2) is 54.6 Å². The first-order valence-corrected chi connectivity index (χ1v) is 20.2. The fourth-order valence-corrected chi connectivity index (χ4v) is 8.49. The Morgan fingerprint density at radius 1 is 1.05 bits per heavy atom. The molecule has 0 radical (unpaired) electrons. The molecule has 0 aromatic heterocycles. The van der Waals surface area contributed by atoms with Crippen LogP contribution < -0.4 is 30.5 Å². The molecule has 3 N–H and O–H groups in total. The number of piperidine rings is 2. The molecule has 3 aliphatic rings. The van der Waals surface area contributed by atoms with Crippen molar-refractivity contribution in [2.75, 3.05) is 40.1 Å². The first kappa shape index (κ1) is 43.3. The van der Waals surface area contributed by atoms with E-state index in [1.807, 2.05) is 26.0 Å². The van der Waals surface area contributed by atoms with Crippen molar-refractivity contribution in [1.29, 1.82) is 5.26 Å². The lowest BCUT2D eigenvalue weighted by molar-refractivity contribution is -0.138. The lowest BCUT2D eigenvalue weighted by atomic mass is 9.93. The van der Waals surface area contributed by atoms with Gasteiger partial charge in [-0.25, -0.2) is 0 Å². The van der Waals surface area contributed by atoms with Crippen LogP contribution in [-0.2, 0) is 31.8 Å². The lowest BCUT2D eigenvalue weighted by Gasteiger charge is -2.35. The number of hydrogen-bond donors (Lipinski definition) is 3. The van der Waals surface area contributed by atoms with E-state index < -0.39 is 46.7 Å². The number of likely N-dealkylation sites (tertiary alicyclic amines) is 1. The first-order chi connectivity index (χ1) is 27.9. The van der Waals surface area contributed by atoms with Crippen LogP contribution in [0.4, 0.5) is 35.9 Å². The van der Waals surface area contributed by atoms with Gasteiger partial charge < -0.3 is 20.3 Å². The number of alkyl halides is 3. The van der Waals surface area contributed by atoms with Crippen molar-refractivity contribution in [1.82, 2.24) is 10.2 Å². The van der Waals surface area contributed by atoms with Crippen LogP contribution in [0.2, 0.25) is 5.02 Å². The zero-order chi connectivity index (χ0) is 42.8. The second-order valence-corrected chi connectivity index (χ2v) is 16.3. The number of halogens is 4. The number of aryl methyl sites for hydroxylation is 1. The summed E-state index contributed by atoms with van der Waals surface area (Å²) in [6.07, 6.45) is -1.03. The topological polar surface area (TPSA) is 147 Å². The molecule has 12 nitrogen and oxygen atoms in total. The van der Waals surface area contributed by atoms with Crippen LogP contribution in [-0.4, -0.2) is 71.0 Å². The summed E-state index contributed by atoms with van der Waals surface area (Å²) in [7, 11) is 0. The van der Waals surface area contributed by atoms with Gasteiger partial charge in [-0.15, -0.1) is 0 Å². The molecule has 0 saturated carbocycles. The predicted octanol–water partition coefficient (Wildman–Crippen LogP) is 7.43. The summed E-state index contributed by atoms with van der Waals surface area (Å²) < 4.78 is 47.6. The molecule has 3 aromatic carbocycles. The van der Waals surface area contributed by atoms with Crippen molar-refractivity contribution in [2.45, 2.75) is 90.0 Å². The maximum atomic E-state index is 13.8. The quantitative estimate of drug-likeness (QED) is 0.124. The van der Waals surface area contributed by atoms with Gasteiger partial charge in [0.15, 0.2) is 5.11 Å². The van der Waals surface area contributed by atoms with E-state index >= 15 is 0 Å². The van der Waals surface area contributed by atoms with Gasteiger partial charge in [0.25, 0.3) is 5.91 Å². The minimum Gasteiger partial charge on any atom is -0.493 e. The van der Waals surface area contributed by atoms with E-state index in [1.165, 1.54) is 6.07 Å². The number of amides is 4. The van der Waals surface area contributed by atoms with Crippen molar-refractivity contribution < 1.29 is 37.1 Å². The number of carbonyl (C=O) groups is 4. The molecular weight excluding hydrogens is 807 g/mol. The van der Waals surface area contributed by atoms with Crippen molar-refractivity contribution in [3.8, 4) is 11.8 Å². The number of nitrogens with one attached hydrogen (secondary N) is 3. The molecule has 59 heavy (non-hydrogen) atoms. The summed E-state index contributed by atoms with van der Waals surface area (Å²) in [4.78, 5) is 55.6. The maximum Gasteiger partial charge on any atom is 0.417 e. The van der Waals surface area contributed by atoms with Gasteiger partial charge in [0.2, 0.25) is 17.7 Å². The minimum atomic E-state index is -4.80. The Hall–Kier alpha value is -5.24. The summed E-state index contributed by atoms with van der Waals surface area (Å²) in [5, 5.41) is 18.0. The fraction of sp³-hybridized carbons (Fsp3) is 0.429. The highest BCUT2D eigenvalue weighted by atomic mass is 35.5. The van der Waals surface area contributed by atoms with E-state index in [1.54, 1.807) is 49.1 Å². The highest BCUT2D eigenvalue weighted by Crippen LogP contribution is 2.41. The number of nitrogens with zero attached hydrogens (tertiary/aromatic N) is 4. The number of ether oxygens (including phenoxy) is 1. The SMILES string of the molecule is CCc1cc(N2C(=S)N(c3ccc(C#N)c(C(F)(F)F)c3)C(=O)C2(C)C)ccc1OCCC1CCN([C@H](C)C(=O)Nc2cc(Cl)cc(NC3CCC(=O)NC3=O)c2)CC1. The van der Waals surface area contributed by atoms with E-state index in [4.69, 9.17) is 28.6 Å². The van der Waals surface area contributed by atoms with Crippen LogP contribution in [0.3, 0.4) is 0 Å². The highest BCUT2D eigenvalue weighted by Gasteiger charge is 2.51. The Kier molecular flexibility index (Phi) is 12.9. The van der Waals surface area contributed by atoms with E-state index in [9.17, 15) is 37.6 Å². The second kappa shape index (κ2) is 17.5. The summed E-state index contributed by atoms with van der Waals surface area (Å²) in [6, 6.07) is 14.2. The molecular formula is C42H45ClF3N7O5S. The van der Waals surface area contributed by atoms with Gasteiger partial charge in [0.1, 0.15) is 17.3 Å². The third kappa shape index (κ3) is 9.48. The van der Waals surface area contributed by atoms with Crippen LogP contribution in [0.25, 0.3) is 0 Å². The number of imide groups is 1. The maximum absolute atomic E-state index is 13.8. The standard InChI is InChI=1S/C42H45ClF3N7O5S/c1-5-26-18-32(53-40(59)52(39(57)41(53,3)4)31-7-6-27(23-47)33(22-31)42(44,45)46)8-10-35(26)58-17-14-25-12-15-51(16-13-25)24(2)37(55)49-30-20-28(43)19-29(21-30)48-34-9-11-36(54)50-38(34)56/h6-8,10,18-22,24-25,34,48H,5,9,11-17H2,1-4H3,(H,49,55)(H,50,54,56)/t24-,34?/m1/s1. The molecule has 1 unspecified atom stereocenters. The number of hydrogen-bond acceptors (Lipinski definition) is 9. The summed E-state index contributed by atoms with van der Waals surface area (Å²) in [6.45, 7) is 9.08. The van der Waals surface area contributed by atoms with Gasteiger partial charge in [0, 0.05) is 28.5 Å². The number of carbonyl (C=O) groups excluding carboxylic acids is 4. The predicted molar refractivity (Wildman–Crippen MR) is 222 cm³/mol. The summed E-state index contributed by atoms with van der Waals surface area (Å²) in [5.74, 6) is -0.327. The Labute approximate surface area is 351 Å². The van der Waals surface area contributed by atoms with Crippen molar-refractivity contribution >= 4 is 75.3 Å². The molecule has 0 bridgehead atoms. The van der Waals surface area contributed by atoms with Crippen molar-refractivity contribution in [2.24, 2.45) is 5.92 Å². The monoisotopic (exact) mass is 851 g/mol. The molecule has 3 fully saturated rings. The molecule has 3 aliphatic heterocycles. The molecule has 0 aliphatic carbocycles. The molecule has 6 rings (SSSR count). The molecule has 312 valence electrons. The minimum absolute atomic E-state index is 0.0182. The molecule has 3 aromatic rings. The van der Waals surface area contributed by atoms with Gasteiger partial charge in [-0.05, 0) is 144 Å². The summed E-state index contributed by atoms with van der Waals surface area (Å²) >= 11 is 12.0. The van der Waals surface area contributed by atoms with E-state index in [-0.39, 0.29) is 29.0 Å². The molecule has 2 atom stereocenters. The van der Waals surface area contributed by atoms with E-state index in [0.29, 0.717) is 53.2 Å². The number of nitriles is 1. The van der Waals surface area contributed by atoms with Gasteiger partial charge in [-0.2, -0.15) is 18.4 Å². The molecule has 4 amide bonds. The van der Waals surface area contributed by atoms with Crippen molar-refractivity contribution in [3.63, 3.8) is 0 Å². The van der Waals surface area contributed by atoms with Crippen LogP contribution in [0, 0.1) is 17.2 Å². The number of benzene rings is 3. The Morgan fingerprint density at radius 3 is 2.41 bits per heavy atom. The number of anilines is 4. The van der Waals surface area contributed by atoms with Crippen LogP contribution in [0.1, 0.15) is 76.5 Å². The number of rotatable bonds is 12. The number of thiocarbonyl (C=S) groups is 1. The molecule has 3 heterocycles. The average Bonchev–Trinajstić information content (AvgIpc) is 3.36. The Bertz CT molecular complexity index is 2210. The average molecular weight is 852 g/mol. The van der Waals surface area contributed by atoms with Gasteiger partial charge in [-0.3, -0.25) is 34.3 Å². The smallest absolute Gasteiger partial charge is 0.417 e. The van der Waals surface area contributed by atoms with Crippen LogP contribution in [0.5, 0.6) is 5.75 Å². The second-order valence-electron chi connectivity index (χ2n) is 15.5. The molecule has 3 saturated heterocycles. The van der Waals surface area contributed by atoms with Gasteiger partial charge >= 0.3 is 6.18 Å². The lowest BCUT2D eigenvalue weighted by Crippen LogP contribution is -2.47. The Balaban J connectivity index is 1.02. The normalized spacial score (nSPS) is 19.3. The fourth-order valence-electron chi connectivity index (χ4n) is 7.74. The zero-order valence-corrected chi connectivity index (χ0v) is 34.6. The van der Waals surface area contributed by atoms with Crippen LogP contribution >= 0.6 is 23.8 Å². The van der Waals surface area contributed by atoms with Gasteiger partial charge in [-0.1, -0.05) is 18.5 Å². The highest BCUT2D eigenvalue weighted by molar-refractivity contribution is 7.81. The third-order valence-electron chi connectivity index (χ3n) is 11.1. The largest absolute Gasteiger partial charge is 0.493 e.